The van der Waals surface area contributed by atoms with Crippen molar-refractivity contribution in [2.45, 2.75) is 12.5 Å². The molecule has 0 radical (unpaired) electrons. The third kappa shape index (κ3) is 2.07. The van der Waals surface area contributed by atoms with Gasteiger partial charge in [-0.1, -0.05) is 11.3 Å². The molecule has 0 spiro atoms. The van der Waals surface area contributed by atoms with Crippen molar-refractivity contribution in [1.82, 2.24) is 15.1 Å². The highest BCUT2D eigenvalue weighted by molar-refractivity contribution is 7.16. The lowest BCUT2D eigenvalue weighted by Crippen LogP contribution is -2.29. The quantitative estimate of drug-likeness (QED) is 0.769. The molecule has 1 fully saturated rings. The molecule has 0 saturated carbocycles. The van der Waals surface area contributed by atoms with Crippen molar-refractivity contribution in [2.75, 3.05) is 25.9 Å². The van der Waals surface area contributed by atoms with Crippen molar-refractivity contribution in [3.8, 4) is 0 Å². The number of hydrogen-bond acceptors (Lipinski definition) is 6. The first-order valence-electron chi connectivity index (χ1n) is 4.61. The number of nitrogens with zero attached hydrogens (tertiary/aromatic N) is 3. The Morgan fingerprint density at radius 3 is 3.00 bits per heavy atom. The molecule has 82 valence electrons. The van der Waals surface area contributed by atoms with E-state index in [0.29, 0.717) is 23.2 Å². The fourth-order valence-electron chi connectivity index (χ4n) is 1.56. The second-order valence-corrected chi connectivity index (χ2v) is 4.35. The van der Waals surface area contributed by atoms with Gasteiger partial charge in [0.05, 0.1) is 6.10 Å². The van der Waals surface area contributed by atoms with E-state index in [4.69, 9.17) is 10.5 Å². The van der Waals surface area contributed by atoms with Crippen molar-refractivity contribution in [3.05, 3.63) is 5.01 Å². The molecule has 6 nitrogen and oxygen atoms in total. The van der Waals surface area contributed by atoms with Crippen molar-refractivity contribution < 1.29 is 9.53 Å². The molecule has 2 N–H and O–H groups in total. The maximum Gasteiger partial charge on any atom is 0.284 e. The number of methoxy groups -OCH3 is 1. The van der Waals surface area contributed by atoms with Crippen LogP contribution in [-0.2, 0) is 4.74 Å². The van der Waals surface area contributed by atoms with Crippen LogP contribution in [0.25, 0.3) is 0 Å². The SMILES string of the molecule is COC1CCN(C(=O)c2nnc(N)s2)C1. The first-order valence-corrected chi connectivity index (χ1v) is 5.43. The molecule has 0 aliphatic carbocycles. The van der Waals surface area contributed by atoms with Gasteiger partial charge in [-0.3, -0.25) is 4.79 Å². The Balaban J connectivity index is 2.03. The van der Waals surface area contributed by atoms with Gasteiger partial charge >= 0.3 is 0 Å². The van der Waals surface area contributed by atoms with Gasteiger partial charge < -0.3 is 15.4 Å². The zero-order chi connectivity index (χ0) is 10.8. The number of nitrogen functional groups attached to an aromatic ring is 1. The Kier molecular flexibility index (Phi) is 2.83. The van der Waals surface area contributed by atoms with E-state index in [1.54, 1.807) is 12.0 Å². The smallest absolute Gasteiger partial charge is 0.284 e. The minimum Gasteiger partial charge on any atom is -0.380 e. The number of ether oxygens (including phenoxy) is 1. The first kappa shape index (κ1) is 10.3. The number of rotatable bonds is 2. The maximum absolute atomic E-state index is 11.8. The van der Waals surface area contributed by atoms with Crippen LogP contribution in [0.15, 0.2) is 0 Å². The molecule has 1 saturated heterocycles. The highest BCUT2D eigenvalue weighted by Gasteiger charge is 2.28. The van der Waals surface area contributed by atoms with Gasteiger partial charge in [-0.05, 0) is 6.42 Å². The fourth-order valence-corrected chi connectivity index (χ4v) is 2.14. The lowest BCUT2D eigenvalue weighted by atomic mass is 10.3. The maximum atomic E-state index is 11.8. The molecular weight excluding hydrogens is 216 g/mol. The topological polar surface area (TPSA) is 81.3 Å². The van der Waals surface area contributed by atoms with E-state index >= 15 is 0 Å². The number of hydrogen-bond donors (Lipinski definition) is 1. The molecule has 1 amide bonds. The monoisotopic (exact) mass is 228 g/mol. The van der Waals surface area contributed by atoms with E-state index in [2.05, 4.69) is 10.2 Å². The van der Waals surface area contributed by atoms with E-state index in [0.717, 1.165) is 17.8 Å². The average Bonchev–Trinajstić information content (AvgIpc) is 2.84. The molecule has 1 aromatic heterocycles. The number of anilines is 1. The van der Waals surface area contributed by atoms with Crippen LogP contribution < -0.4 is 5.73 Å². The van der Waals surface area contributed by atoms with Gasteiger partial charge in [0.1, 0.15) is 0 Å². The molecular formula is C8H12N4O2S. The Hall–Kier alpha value is -1.21. The normalized spacial score (nSPS) is 20.9. The Morgan fingerprint density at radius 2 is 2.47 bits per heavy atom. The molecule has 2 rings (SSSR count). The van der Waals surface area contributed by atoms with Crippen LogP contribution in [0.3, 0.4) is 0 Å². The number of nitrogens with two attached hydrogens (primary N) is 1. The molecule has 2 heterocycles. The standard InChI is InChI=1S/C8H12N4O2S/c1-14-5-2-3-12(4-5)7(13)6-10-11-8(9)15-6/h5H,2-4H2,1H3,(H2,9,11). The highest BCUT2D eigenvalue weighted by Crippen LogP contribution is 2.18. The van der Waals surface area contributed by atoms with E-state index in [1.807, 2.05) is 0 Å². The van der Waals surface area contributed by atoms with E-state index in [1.165, 1.54) is 0 Å². The number of aromatic nitrogens is 2. The van der Waals surface area contributed by atoms with Gasteiger partial charge in [-0.15, -0.1) is 10.2 Å². The zero-order valence-electron chi connectivity index (χ0n) is 8.34. The minimum absolute atomic E-state index is 0.108. The van der Waals surface area contributed by atoms with Gasteiger partial charge in [0, 0.05) is 20.2 Å². The molecule has 0 aromatic carbocycles. The van der Waals surface area contributed by atoms with E-state index in [9.17, 15) is 4.79 Å². The summed E-state index contributed by atoms with van der Waals surface area (Å²) in [7, 11) is 1.65. The predicted octanol–water partition coefficient (Wildman–Crippen LogP) is -0.0188. The largest absolute Gasteiger partial charge is 0.380 e. The predicted molar refractivity (Wildman–Crippen MR) is 55.6 cm³/mol. The van der Waals surface area contributed by atoms with Crippen molar-refractivity contribution in [3.63, 3.8) is 0 Å². The molecule has 1 aliphatic rings. The van der Waals surface area contributed by atoms with Crippen LogP contribution in [-0.4, -0.2) is 47.3 Å². The van der Waals surface area contributed by atoms with Crippen LogP contribution in [0, 0.1) is 0 Å². The molecule has 15 heavy (non-hydrogen) atoms. The second kappa shape index (κ2) is 4.11. The number of amides is 1. The van der Waals surface area contributed by atoms with Crippen LogP contribution in [0.2, 0.25) is 0 Å². The summed E-state index contributed by atoms with van der Waals surface area (Å²) in [5, 5.41) is 8.01. The zero-order valence-corrected chi connectivity index (χ0v) is 9.16. The summed E-state index contributed by atoms with van der Waals surface area (Å²) in [6.45, 7) is 1.33. The van der Waals surface area contributed by atoms with Gasteiger partial charge in [0.15, 0.2) is 0 Å². The van der Waals surface area contributed by atoms with Crippen molar-refractivity contribution >= 4 is 22.4 Å². The lowest BCUT2D eigenvalue weighted by Gasteiger charge is -2.13. The summed E-state index contributed by atoms with van der Waals surface area (Å²) >= 11 is 1.12. The average molecular weight is 228 g/mol. The Bertz CT molecular complexity index is 367. The molecule has 1 aliphatic heterocycles. The number of likely N-dealkylation sites (tertiary alicyclic amines) is 1. The van der Waals surface area contributed by atoms with Crippen molar-refractivity contribution in [2.24, 2.45) is 0 Å². The third-order valence-corrected chi connectivity index (χ3v) is 3.13. The van der Waals surface area contributed by atoms with Crippen LogP contribution in [0.5, 0.6) is 0 Å². The van der Waals surface area contributed by atoms with Gasteiger partial charge in [0.2, 0.25) is 10.1 Å². The molecule has 1 unspecified atom stereocenters. The molecule has 1 aromatic rings. The van der Waals surface area contributed by atoms with Gasteiger partial charge in [-0.25, -0.2) is 0 Å². The van der Waals surface area contributed by atoms with Crippen LogP contribution >= 0.6 is 11.3 Å². The Morgan fingerprint density at radius 1 is 1.67 bits per heavy atom. The first-order chi connectivity index (χ1) is 7.20. The summed E-state index contributed by atoms with van der Waals surface area (Å²) in [5.74, 6) is -0.108. The second-order valence-electron chi connectivity index (χ2n) is 3.34. The van der Waals surface area contributed by atoms with Crippen LogP contribution in [0.1, 0.15) is 16.2 Å². The summed E-state index contributed by atoms with van der Waals surface area (Å²) < 4.78 is 5.18. The van der Waals surface area contributed by atoms with Gasteiger partial charge in [-0.2, -0.15) is 0 Å². The third-order valence-electron chi connectivity index (χ3n) is 2.39. The van der Waals surface area contributed by atoms with Crippen LogP contribution in [0.4, 0.5) is 5.13 Å². The summed E-state index contributed by atoms with van der Waals surface area (Å²) in [4.78, 5) is 13.6. The Labute approximate surface area is 91.0 Å². The fraction of sp³-hybridized carbons (Fsp3) is 0.625. The van der Waals surface area contributed by atoms with E-state index < -0.39 is 0 Å². The summed E-state index contributed by atoms with van der Waals surface area (Å²) in [6.07, 6.45) is 1.01. The lowest BCUT2D eigenvalue weighted by molar-refractivity contribution is 0.0723. The molecule has 0 bridgehead atoms. The number of carbonyl (C=O) groups is 1. The van der Waals surface area contributed by atoms with Crippen molar-refractivity contribution in [1.29, 1.82) is 0 Å². The molecule has 7 heteroatoms. The summed E-state index contributed by atoms with van der Waals surface area (Å²) in [5.41, 5.74) is 5.42. The molecule has 1 atom stereocenters. The van der Waals surface area contributed by atoms with Gasteiger partial charge in [0.25, 0.3) is 5.91 Å². The number of carbonyl (C=O) groups excluding carboxylic acids is 1. The summed E-state index contributed by atoms with van der Waals surface area (Å²) in [6, 6.07) is 0. The highest BCUT2D eigenvalue weighted by atomic mass is 32.1. The minimum atomic E-state index is -0.108. The van der Waals surface area contributed by atoms with E-state index in [-0.39, 0.29) is 12.0 Å².